The zero-order valence-corrected chi connectivity index (χ0v) is 16.7. The number of carbonyl (C=O) groups is 1. The number of rotatable bonds is 5. The van der Waals surface area contributed by atoms with E-state index in [9.17, 15) is 4.79 Å². The van der Waals surface area contributed by atoms with Crippen LogP contribution in [0.25, 0.3) is 10.8 Å². The van der Waals surface area contributed by atoms with Crippen LogP contribution in [0.1, 0.15) is 21.5 Å². The van der Waals surface area contributed by atoms with E-state index in [1.807, 2.05) is 61.5 Å². The zero-order chi connectivity index (χ0) is 21.1. The molecule has 0 aliphatic heterocycles. The first-order valence-corrected chi connectivity index (χ1v) is 9.52. The van der Waals surface area contributed by atoms with Crippen molar-refractivity contribution in [1.29, 1.82) is 0 Å². The van der Waals surface area contributed by atoms with E-state index >= 15 is 0 Å². The van der Waals surface area contributed by atoms with Crippen LogP contribution < -0.4 is 21.9 Å². The Balaban J connectivity index is 1.51. The first-order valence-electron chi connectivity index (χ1n) is 9.52. The van der Waals surface area contributed by atoms with E-state index in [1.54, 1.807) is 6.07 Å². The number of aromatic nitrogens is 2. The van der Waals surface area contributed by atoms with Crippen LogP contribution in [0.5, 0.6) is 0 Å². The maximum absolute atomic E-state index is 12.7. The highest BCUT2D eigenvalue weighted by molar-refractivity contribution is 6.07. The average molecular weight is 398 g/mol. The topological polar surface area (TPSA) is 105 Å². The van der Waals surface area contributed by atoms with Crippen molar-refractivity contribution in [3.63, 3.8) is 0 Å². The molecule has 4 rings (SSSR count). The van der Waals surface area contributed by atoms with Crippen LogP contribution in [0.15, 0.2) is 67.0 Å². The molecule has 7 heteroatoms. The lowest BCUT2D eigenvalue weighted by Crippen LogP contribution is -2.30. The van der Waals surface area contributed by atoms with Gasteiger partial charge < -0.3 is 11.1 Å². The number of hydrazine groups is 1. The molecule has 0 fully saturated rings. The van der Waals surface area contributed by atoms with Crippen LogP contribution >= 0.6 is 0 Å². The molecular weight excluding hydrogens is 376 g/mol. The molecule has 0 saturated heterocycles. The SMILES string of the molecule is Cc1ccc(Nc2ncnc(NNC(=O)c3cccc4ccccc34)c2N)cc1C. The minimum atomic E-state index is -0.284. The summed E-state index contributed by atoms with van der Waals surface area (Å²) in [7, 11) is 0. The molecule has 7 nitrogen and oxygen atoms in total. The third-order valence-corrected chi connectivity index (χ3v) is 4.98. The zero-order valence-electron chi connectivity index (χ0n) is 16.7. The first-order chi connectivity index (χ1) is 14.5. The highest BCUT2D eigenvalue weighted by atomic mass is 16.2. The highest BCUT2D eigenvalue weighted by Crippen LogP contribution is 2.26. The molecule has 0 atom stereocenters. The molecule has 0 unspecified atom stereocenters. The summed E-state index contributed by atoms with van der Waals surface area (Å²) in [4.78, 5) is 21.1. The second-order valence-corrected chi connectivity index (χ2v) is 7.01. The highest BCUT2D eigenvalue weighted by Gasteiger charge is 2.12. The molecule has 150 valence electrons. The van der Waals surface area contributed by atoms with Crippen molar-refractivity contribution < 1.29 is 4.79 Å². The number of hydrogen-bond donors (Lipinski definition) is 4. The van der Waals surface area contributed by atoms with Crippen molar-refractivity contribution in [2.24, 2.45) is 0 Å². The average Bonchev–Trinajstić information content (AvgIpc) is 2.76. The van der Waals surface area contributed by atoms with E-state index in [-0.39, 0.29) is 5.91 Å². The van der Waals surface area contributed by atoms with Crippen LogP contribution in [-0.2, 0) is 0 Å². The van der Waals surface area contributed by atoms with Crippen LogP contribution in [0, 0.1) is 13.8 Å². The van der Waals surface area contributed by atoms with Crippen molar-refractivity contribution in [3.05, 3.63) is 83.7 Å². The number of amides is 1. The smallest absolute Gasteiger partial charge is 0.270 e. The fourth-order valence-corrected chi connectivity index (χ4v) is 3.16. The Morgan fingerprint density at radius 1 is 0.900 bits per heavy atom. The molecule has 0 radical (unpaired) electrons. The molecule has 4 aromatic rings. The second kappa shape index (κ2) is 8.08. The Morgan fingerprint density at radius 3 is 2.50 bits per heavy atom. The van der Waals surface area contributed by atoms with Gasteiger partial charge in [-0.05, 0) is 53.9 Å². The van der Waals surface area contributed by atoms with Gasteiger partial charge in [0.25, 0.3) is 5.91 Å². The van der Waals surface area contributed by atoms with Gasteiger partial charge in [-0.15, -0.1) is 0 Å². The van der Waals surface area contributed by atoms with Crippen molar-refractivity contribution >= 4 is 39.7 Å². The number of benzene rings is 3. The largest absolute Gasteiger partial charge is 0.393 e. The fourth-order valence-electron chi connectivity index (χ4n) is 3.16. The number of nitrogens with two attached hydrogens (primary N) is 1. The Hall–Kier alpha value is -4.13. The van der Waals surface area contributed by atoms with Gasteiger partial charge in [0.15, 0.2) is 11.6 Å². The molecule has 30 heavy (non-hydrogen) atoms. The van der Waals surface area contributed by atoms with Crippen molar-refractivity contribution in [2.45, 2.75) is 13.8 Å². The summed E-state index contributed by atoms with van der Waals surface area (Å²) in [6.07, 6.45) is 1.38. The molecule has 1 aromatic heterocycles. The van der Waals surface area contributed by atoms with Crippen molar-refractivity contribution in [2.75, 3.05) is 16.5 Å². The predicted octanol–water partition coefficient (Wildman–Crippen LogP) is 4.33. The fraction of sp³-hybridized carbons (Fsp3) is 0.0870. The summed E-state index contributed by atoms with van der Waals surface area (Å²) in [6.45, 7) is 4.10. The van der Waals surface area contributed by atoms with Gasteiger partial charge in [-0.3, -0.25) is 15.6 Å². The van der Waals surface area contributed by atoms with Crippen molar-refractivity contribution in [3.8, 4) is 0 Å². The predicted molar refractivity (Wildman–Crippen MR) is 121 cm³/mol. The van der Waals surface area contributed by atoms with Gasteiger partial charge in [-0.2, -0.15) is 0 Å². The van der Waals surface area contributed by atoms with E-state index < -0.39 is 0 Å². The molecule has 0 spiro atoms. The number of nitrogens with zero attached hydrogens (tertiary/aromatic N) is 2. The van der Waals surface area contributed by atoms with Gasteiger partial charge in [-0.1, -0.05) is 42.5 Å². The van der Waals surface area contributed by atoms with Gasteiger partial charge in [0, 0.05) is 11.3 Å². The van der Waals surface area contributed by atoms with E-state index in [4.69, 9.17) is 5.73 Å². The summed E-state index contributed by atoms with van der Waals surface area (Å²) in [6, 6.07) is 19.3. The maximum Gasteiger partial charge on any atom is 0.270 e. The summed E-state index contributed by atoms with van der Waals surface area (Å²) in [5.74, 6) is 0.480. The summed E-state index contributed by atoms with van der Waals surface area (Å²) in [5.41, 5.74) is 15.8. The minimum absolute atomic E-state index is 0.284. The van der Waals surface area contributed by atoms with E-state index in [1.165, 1.54) is 11.9 Å². The number of carbonyl (C=O) groups excluding carboxylic acids is 1. The number of anilines is 4. The number of fused-ring (bicyclic) bond motifs is 1. The normalized spacial score (nSPS) is 10.6. The monoisotopic (exact) mass is 398 g/mol. The Bertz CT molecular complexity index is 1230. The van der Waals surface area contributed by atoms with E-state index in [2.05, 4.69) is 33.1 Å². The number of nitrogens with one attached hydrogen (secondary N) is 3. The first kappa shape index (κ1) is 19.2. The molecule has 0 aliphatic carbocycles. The lowest BCUT2D eigenvalue weighted by molar-refractivity contribution is 0.0964. The Labute approximate surface area is 174 Å². The summed E-state index contributed by atoms with van der Waals surface area (Å²) in [5, 5.41) is 5.06. The molecule has 0 aliphatic rings. The number of hydrogen-bond acceptors (Lipinski definition) is 6. The van der Waals surface area contributed by atoms with E-state index in [0.29, 0.717) is 22.9 Å². The Morgan fingerprint density at radius 2 is 1.67 bits per heavy atom. The van der Waals surface area contributed by atoms with Crippen LogP contribution in [0.2, 0.25) is 0 Å². The third-order valence-electron chi connectivity index (χ3n) is 4.98. The molecule has 3 aromatic carbocycles. The van der Waals surface area contributed by atoms with Gasteiger partial charge in [-0.25, -0.2) is 9.97 Å². The van der Waals surface area contributed by atoms with Gasteiger partial charge in [0.2, 0.25) is 0 Å². The van der Waals surface area contributed by atoms with Crippen LogP contribution in [-0.4, -0.2) is 15.9 Å². The lowest BCUT2D eigenvalue weighted by Gasteiger charge is -2.14. The summed E-state index contributed by atoms with van der Waals surface area (Å²) >= 11 is 0. The molecule has 1 heterocycles. The maximum atomic E-state index is 12.7. The third kappa shape index (κ3) is 3.86. The van der Waals surface area contributed by atoms with E-state index in [0.717, 1.165) is 22.0 Å². The minimum Gasteiger partial charge on any atom is -0.393 e. The van der Waals surface area contributed by atoms with Crippen LogP contribution in [0.3, 0.4) is 0 Å². The quantitative estimate of drug-likeness (QED) is 0.373. The molecule has 1 amide bonds. The number of nitrogen functional groups attached to an aromatic ring is 1. The molecule has 0 saturated carbocycles. The standard InChI is InChI=1S/C23H22N6O/c1-14-10-11-17(12-15(14)2)27-21-20(24)22(26-13-25-21)28-29-23(30)19-9-5-7-16-6-3-4-8-18(16)19/h3-13H,24H2,1-2H3,(H,29,30)(H2,25,26,27,28). The van der Waals surface area contributed by atoms with Gasteiger partial charge >= 0.3 is 0 Å². The molecule has 5 N–H and O–H groups in total. The van der Waals surface area contributed by atoms with Crippen LogP contribution in [0.4, 0.5) is 23.0 Å². The van der Waals surface area contributed by atoms with Gasteiger partial charge in [0.05, 0.1) is 0 Å². The lowest BCUT2D eigenvalue weighted by atomic mass is 10.0. The second-order valence-electron chi connectivity index (χ2n) is 7.01. The van der Waals surface area contributed by atoms with Gasteiger partial charge in [0.1, 0.15) is 12.0 Å². The summed E-state index contributed by atoms with van der Waals surface area (Å²) < 4.78 is 0. The van der Waals surface area contributed by atoms with Crippen molar-refractivity contribution in [1.82, 2.24) is 15.4 Å². The Kier molecular flexibility index (Phi) is 5.17. The number of aryl methyl sites for hydroxylation is 2. The molecule has 0 bridgehead atoms. The molecular formula is C23H22N6O.